The topological polar surface area (TPSA) is 67.7 Å². The zero-order chi connectivity index (χ0) is 17.6. The van der Waals surface area contributed by atoms with Crippen LogP contribution in [0.2, 0.25) is 0 Å². The summed E-state index contributed by atoms with van der Waals surface area (Å²) in [6.45, 7) is 9.09. The van der Waals surface area contributed by atoms with Gasteiger partial charge >= 0.3 is 6.09 Å². The van der Waals surface area contributed by atoms with Gasteiger partial charge in [-0.05, 0) is 39.3 Å². The first-order valence-corrected chi connectivity index (χ1v) is 8.50. The van der Waals surface area contributed by atoms with Gasteiger partial charge in [-0.15, -0.1) is 0 Å². The SMILES string of the molecule is CCCC(CNCc1cnc2ccccn12)NC(=O)OC(C)(C)C. The molecule has 6 heteroatoms. The van der Waals surface area contributed by atoms with Gasteiger partial charge in [-0.3, -0.25) is 0 Å². The summed E-state index contributed by atoms with van der Waals surface area (Å²) >= 11 is 0. The molecule has 2 aromatic heterocycles. The lowest BCUT2D eigenvalue weighted by atomic mass is 10.1. The quantitative estimate of drug-likeness (QED) is 0.817. The highest BCUT2D eigenvalue weighted by Gasteiger charge is 2.19. The number of imidazole rings is 1. The molecule has 1 amide bonds. The van der Waals surface area contributed by atoms with Gasteiger partial charge in [0, 0.05) is 25.3 Å². The number of carbonyl (C=O) groups is 1. The van der Waals surface area contributed by atoms with Gasteiger partial charge in [-0.2, -0.15) is 0 Å². The lowest BCUT2D eigenvalue weighted by molar-refractivity contribution is 0.0501. The van der Waals surface area contributed by atoms with E-state index in [4.69, 9.17) is 4.74 Å². The van der Waals surface area contributed by atoms with E-state index >= 15 is 0 Å². The van der Waals surface area contributed by atoms with E-state index in [-0.39, 0.29) is 12.1 Å². The maximum atomic E-state index is 11.9. The fraction of sp³-hybridized carbons (Fsp3) is 0.556. The molecule has 0 bridgehead atoms. The first-order valence-electron chi connectivity index (χ1n) is 8.50. The molecule has 1 unspecified atom stereocenters. The van der Waals surface area contributed by atoms with Crippen LogP contribution in [0.3, 0.4) is 0 Å². The number of nitrogens with one attached hydrogen (secondary N) is 2. The number of hydrogen-bond acceptors (Lipinski definition) is 4. The van der Waals surface area contributed by atoms with Crippen molar-refractivity contribution in [2.45, 2.75) is 58.7 Å². The smallest absolute Gasteiger partial charge is 0.407 e. The van der Waals surface area contributed by atoms with E-state index in [2.05, 4.69) is 26.9 Å². The van der Waals surface area contributed by atoms with Gasteiger partial charge in [0.05, 0.1) is 11.9 Å². The molecule has 0 radical (unpaired) electrons. The summed E-state index contributed by atoms with van der Waals surface area (Å²) in [5.41, 5.74) is 1.55. The number of nitrogens with zero attached hydrogens (tertiary/aromatic N) is 2. The zero-order valence-electron chi connectivity index (χ0n) is 15.0. The normalized spacial score (nSPS) is 13.0. The van der Waals surface area contributed by atoms with E-state index in [9.17, 15) is 4.79 Å². The molecule has 2 rings (SSSR count). The van der Waals surface area contributed by atoms with Crippen LogP contribution >= 0.6 is 0 Å². The second-order valence-corrected chi connectivity index (χ2v) is 6.94. The molecule has 0 aliphatic carbocycles. The lowest BCUT2D eigenvalue weighted by Gasteiger charge is -2.23. The first kappa shape index (κ1) is 18.3. The van der Waals surface area contributed by atoms with Crippen LogP contribution in [0.5, 0.6) is 0 Å². The summed E-state index contributed by atoms with van der Waals surface area (Å²) < 4.78 is 7.39. The van der Waals surface area contributed by atoms with E-state index in [0.717, 1.165) is 24.2 Å². The molecule has 1 atom stereocenters. The van der Waals surface area contributed by atoms with Crippen molar-refractivity contribution in [3.8, 4) is 0 Å². The summed E-state index contributed by atoms with van der Waals surface area (Å²) in [6, 6.07) is 5.99. The number of alkyl carbamates (subject to hydrolysis) is 1. The minimum atomic E-state index is -0.481. The van der Waals surface area contributed by atoms with E-state index in [1.54, 1.807) is 0 Å². The van der Waals surface area contributed by atoms with Gasteiger partial charge < -0.3 is 19.8 Å². The van der Waals surface area contributed by atoms with Gasteiger partial charge in [0.15, 0.2) is 0 Å². The van der Waals surface area contributed by atoms with Crippen LogP contribution in [0.4, 0.5) is 4.79 Å². The Bertz CT molecular complexity index is 660. The Morgan fingerprint density at radius 2 is 2.17 bits per heavy atom. The van der Waals surface area contributed by atoms with Crippen molar-refractivity contribution >= 4 is 11.7 Å². The number of hydrogen-bond donors (Lipinski definition) is 2. The fourth-order valence-corrected chi connectivity index (χ4v) is 2.54. The van der Waals surface area contributed by atoms with Crippen molar-refractivity contribution in [2.24, 2.45) is 0 Å². The van der Waals surface area contributed by atoms with Crippen molar-refractivity contribution in [1.82, 2.24) is 20.0 Å². The van der Waals surface area contributed by atoms with Gasteiger partial charge in [0.25, 0.3) is 0 Å². The Hall–Kier alpha value is -2.08. The molecule has 24 heavy (non-hydrogen) atoms. The van der Waals surface area contributed by atoms with Crippen LogP contribution in [0.15, 0.2) is 30.6 Å². The van der Waals surface area contributed by atoms with E-state index in [1.165, 1.54) is 0 Å². The number of carbonyl (C=O) groups excluding carboxylic acids is 1. The number of fused-ring (bicyclic) bond motifs is 1. The fourth-order valence-electron chi connectivity index (χ4n) is 2.54. The van der Waals surface area contributed by atoms with Crippen LogP contribution in [0, 0.1) is 0 Å². The monoisotopic (exact) mass is 332 g/mol. The molecule has 0 spiro atoms. The van der Waals surface area contributed by atoms with E-state index in [0.29, 0.717) is 13.1 Å². The molecule has 0 aromatic carbocycles. The summed E-state index contributed by atoms with van der Waals surface area (Å²) in [5.74, 6) is 0. The summed E-state index contributed by atoms with van der Waals surface area (Å²) in [5, 5.41) is 6.35. The van der Waals surface area contributed by atoms with Crippen molar-refractivity contribution in [3.05, 3.63) is 36.3 Å². The second kappa shape index (κ2) is 8.15. The highest BCUT2D eigenvalue weighted by Crippen LogP contribution is 2.08. The molecule has 6 nitrogen and oxygen atoms in total. The highest BCUT2D eigenvalue weighted by molar-refractivity contribution is 5.68. The number of rotatable bonds is 7. The zero-order valence-corrected chi connectivity index (χ0v) is 15.0. The number of pyridine rings is 1. The van der Waals surface area contributed by atoms with Crippen molar-refractivity contribution < 1.29 is 9.53 Å². The highest BCUT2D eigenvalue weighted by atomic mass is 16.6. The Kier molecular flexibility index (Phi) is 6.20. The molecule has 0 aliphatic heterocycles. The summed E-state index contributed by atoms with van der Waals surface area (Å²) in [7, 11) is 0. The predicted molar refractivity (Wildman–Crippen MR) is 95.0 cm³/mol. The third-order valence-corrected chi connectivity index (χ3v) is 3.55. The molecular weight excluding hydrogens is 304 g/mol. The molecule has 0 fully saturated rings. The predicted octanol–water partition coefficient (Wildman–Crippen LogP) is 3.12. The lowest BCUT2D eigenvalue weighted by Crippen LogP contribution is -2.44. The largest absolute Gasteiger partial charge is 0.444 e. The second-order valence-electron chi connectivity index (χ2n) is 6.94. The van der Waals surface area contributed by atoms with Gasteiger partial charge in [-0.25, -0.2) is 9.78 Å². The minimum Gasteiger partial charge on any atom is -0.444 e. The maximum absolute atomic E-state index is 11.9. The van der Waals surface area contributed by atoms with E-state index in [1.807, 2.05) is 51.4 Å². The summed E-state index contributed by atoms with van der Waals surface area (Å²) in [6.07, 6.45) is 5.41. The molecule has 132 valence electrons. The van der Waals surface area contributed by atoms with Crippen LogP contribution < -0.4 is 10.6 Å². The standard InChI is InChI=1S/C18H28N4O2/c1-5-8-14(21-17(23)24-18(2,3)4)11-19-12-15-13-20-16-9-6-7-10-22(15)16/h6-7,9-10,13-14,19H,5,8,11-12H2,1-4H3,(H,21,23). The Labute approximate surface area is 143 Å². The van der Waals surface area contributed by atoms with Gasteiger partial charge in [-0.1, -0.05) is 19.4 Å². The number of aromatic nitrogens is 2. The van der Waals surface area contributed by atoms with Gasteiger partial charge in [0.2, 0.25) is 0 Å². The van der Waals surface area contributed by atoms with Crippen molar-refractivity contribution in [3.63, 3.8) is 0 Å². The molecular formula is C18H28N4O2. The van der Waals surface area contributed by atoms with Crippen LogP contribution in [-0.4, -0.2) is 33.7 Å². The van der Waals surface area contributed by atoms with E-state index < -0.39 is 5.60 Å². The first-order chi connectivity index (χ1) is 11.4. The molecule has 0 saturated carbocycles. The molecule has 2 N–H and O–H groups in total. The number of ether oxygens (including phenoxy) is 1. The molecule has 2 aromatic rings. The average molecular weight is 332 g/mol. The third kappa shape index (κ3) is 5.53. The average Bonchev–Trinajstić information content (AvgIpc) is 2.89. The van der Waals surface area contributed by atoms with Crippen LogP contribution in [-0.2, 0) is 11.3 Å². The van der Waals surface area contributed by atoms with Crippen molar-refractivity contribution in [2.75, 3.05) is 6.54 Å². The van der Waals surface area contributed by atoms with Crippen molar-refractivity contribution in [1.29, 1.82) is 0 Å². The molecule has 0 saturated heterocycles. The molecule has 0 aliphatic rings. The Balaban J connectivity index is 1.86. The van der Waals surface area contributed by atoms with Crippen LogP contribution in [0.1, 0.15) is 46.2 Å². The maximum Gasteiger partial charge on any atom is 0.407 e. The number of amides is 1. The third-order valence-electron chi connectivity index (χ3n) is 3.55. The Morgan fingerprint density at radius 1 is 1.38 bits per heavy atom. The summed E-state index contributed by atoms with van der Waals surface area (Å²) in [4.78, 5) is 16.3. The van der Waals surface area contributed by atoms with Gasteiger partial charge in [0.1, 0.15) is 11.2 Å². The Morgan fingerprint density at radius 3 is 2.88 bits per heavy atom. The molecule has 2 heterocycles. The minimum absolute atomic E-state index is 0.0454. The van der Waals surface area contributed by atoms with Crippen LogP contribution in [0.25, 0.3) is 5.65 Å².